The number of aromatic hydroxyl groups is 1. The van der Waals surface area contributed by atoms with Crippen molar-refractivity contribution in [3.05, 3.63) is 99.2 Å². The van der Waals surface area contributed by atoms with Gasteiger partial charge in [-0.25, -0.2) is 4.99 Å². The second-order valence-electron chi connectivity index (χ2n) is 8.40. The molecule has 4 aromatic rings. The first-order valence-electron chi connectivity index (χ1n) is 12.0. The summed E-state index contributed by atoms with van der Waals surface area (Å²) in [4.78, 5) is 22.7. The molecule has 0 unspecified atom stereocenters. The fourth-order valence-corrected chi connectivity index (χ4v) is 4.72. The number of anilines is 1. The molecule has 0 aliphatic rings. The lowest BCUT2D eigenvalue weighted by Gasteiger charge is -2.09. The number of thiazole rings is 1. The Morgan fingerprint density at radius 2 is 1.86 bits per heavy atom. The van der Waals surface area contributed by atoms with Crippen LogP contribution in [0.2, 0.25) is 0 Å². The molecule has 8 heteroatoms. The molecule has 0 aliphatic heterocycles. The topological polar surface area (TPSA) is 88.2 Å². The van der Waals surface area contributed by atoms with Crippen molar-refractivity contribution in [1.29, 1.82) is 0 Å². The fraction of sp³-hybridized carbons (Fsp3) is 0.207. The smallest absolute Gasteiger partial charge is 0.213 e. The second kappa shape index (κ2) is 12.2. The molecule has 2 N–H and O–H groups in total. The summed E-state index contributed by atoms with van der Waals surface area (Å²) in [5.74, 6) is 0.837. The molecule has 190 valence electrons. The molecule has 3 aromatic carbocycles. The van der Waals surface area contributed by atoms with E-state index in [1.54, 1.807) is 30.0 Å². The van der Waals surface area contributed by atoms with Gasteiger partial charge >= 0.3 is 0 Å². The Balaban J connectivity index is 1.76. The average Bonchev–Trinajstić information content (AvgIpc) is 3.19. The minimum Gasteiger partial charge on any atom is -0.497 e. The van der Waals surface area contributed by atoms with Crippen LogP contribution in [0.25, 0.3) is 0 Å². The van der Waals surface area contributed by atoms with Crippen molar-refractivity contribution >= 4 is 34.7 Å². The molecule has 7 nitrogen and oxygen atoms in total. The SMILES string of the molecule is CCNc1ccc(C(C)=O)cc1N=c1sc(C=NCc2cccc(OC)c2)c(O)n1Cc1ccccc1. The molecule has 0 saturated heterocycles. The van der Waals surface area contributed by atoms with Gasteiger partial charge in [0.15, 0.2) is 10.6 Å². The number of carbonyl (C=O) groups excluding carboxylic acids is 1. The lowest BCUT2D eigenvalue weighted by atomic mass is 10.1. The first-order valence-corrected chi connectivity index (χ1v) is 12.8. The van der Waals surface area contributed by atoms with Crippen molar-refractivity contribution in [2.45, 2.75) is 26.9 Å². The summed E-state index contributed by atoms with van der Waals surface area (Å²) in [6.45, 7) is 5.14. The number of benzene rings is 3. The zero-order chi connectivity index (χ0) is 26.2. The minimum atomic E-state index is -0.0314. The number of rotatable bonds is 10. The number of hydrogen-bond donors (Lipinski definition) is 2. The first kappa shape index (κ1) is 25.9. The van der Waals surface area contributed by atoms with Gasteiger partial charge in [0.2, 0.25) is 5.88 Å². The Morgan fingerprint density at radius 3 is 2.59 bits per heavy atom. The van der Waals surface area contributed by atoms with E-state index < -0.39 is 0 Å². The van der Waals surface area contributed by atoms with Crippen molar-refractivity contribution in [1.82, 2.24) is 4.57 Å². The van der Waals surface area contributed by atoms with E-state index >= 15 is 0 Å². The highest BCUT2D eigenvalue weighted by molar-refractivity contribution is 7.11. The maximum atomic E-state index is 12.0. The zero-order valence-corrected chi connectivity index (χ0v) is 22.0. The average molecular weight is 515 g/mol. The van der Waals surface area contributed by atoms with Crippen molar-refractivity contribution in [2.75, 3.05) is 19.0 Å². The van der Waals surface area contributed by atoms with Crippen LogP contribution in [0.5, 0.6) is 11.6 Å². The van der Waals surface area contributed by atoms with Gasteiger partial charge in [-0.3, -0.25) is 14.4 Å². The summed E-state index contributed by atoms with van der Waals surface area (Å²) in [6.07, 6.45) is 1.68. The molecule has 0 spiro atoms. The number of ether oxygens (including phenoxy) is 1. The van der Waals surface area contributed by atoms with Crippen LogP contribution in [0.3, 0.4) is 0 Å². The zero-order valence-electron chi connectivity index (χ0n) is 21.1. The van der Waals surface area contributed by atoms with Gasteiger partial charge in [0, 0.05) is 18.3 Å². The van der Waals surface area contributed by atoms with Crippen LogP contribution in [0.4, 0.5) is 11.4 Å². The second-order valence-corrected chi connectivity index (χ2v) is 9.40. The van der Waals surface area contributed by atoms with Crippen LogP contribution >= 0.6 is 11.3 Å². The maximum absolute atomic E-state index is 12.0. The number of aromatic nitrogens is 1. The molecule has 1 heterocycles. The van der Waals surface area contributed by atoms with Gasteiger partial charge in [-0.1, -0.05) is 53.8 Å². The van der Waals surface area contributed by atoms with E-state index in [0.29, 0.717) is 40.6 Å². The van der Waals surface area contributed by atoms with Gasteiger partial charge in [0.25, 0.3) is 0 Å². The highest BCUT2D eigenvalue weighted by Gasteiger charge is 2.14. The van der Waals surface area contributed by atoms with Crippen LogP contribution in [-0.2, 0) is 13.1 Å². The summed E-state index contributed by atoms with van der Waals surface area (Å²) >= 11 is 1.34. The van der Waals surface area contributed by atoms with Crippen LogP contribution < -0.4 is 14.9 Å². The van der Waals surface area contributed by atoms with Crippen LogP contribution in [-0.4, -0.2) is 35.3 Å². The Labute approximate surface area is 220 Å². The molecule has 4 rings (SSSR count). The molecule has 0 aliphatic carbocycles. The quantitative estimate of drug-likeness (QED) is 0.207. The van der Waals surface area contributed by atoms with Gasteiger partial charge in [0.05, 0.1) is 31.6 Å². The van der Waals surface area contributed by atoms with Crippen LogP contribution in [0.15, 0.2) is 82.8 Å². The summed E-state index contributed by atoms with van der Waals surface area (Å²) in [5, 5.41) is 14.5. The highest BCUT2D eigenvalue weighted by atomic mass is 32.1. The van der Waals surface area contributed by atoms with Gasteiger partial charge in [0.1, 0.15) is 10.6 Å². The minimum absolute atomic E-state index is 0.0314. The summed E-state index contributed by atoms with van der Waals surface area (Å²) in [5.41, 5.74) is 4.07. The number of aliphatic imine (C=N–C) groups is 1. The molecular formula is C29H30N4O3S. The Hall–Kier alpha value is -4.17. The van der Waals surface area contributed by atoms with Crippen molar-refractivity contribution in [3.63, 3.8) is 0 Å². The van der Waals surface area contributed by atoms with Gasteiger partial charge in [-0.2, -0.15) is 0 Å². The number of nitrogens with zero attached hydrogens (tertiary/aromatic N) is 3. The molecule has 37 heavy (non-hydrogen) atoms. The monoisotopic (exact) mass is 514 g/mol. The first-order chi connectivity index (χ1) is 18.0. The molecule has 0 saturated carbocycles. The van der Waals surface area contributed by atoms with E-state index in [-0.39, 0.29) is 11.7 Å². The Kier molecular flexibility index (Phi) is 8.53. The third-order valence-electron chi connectivity index (χ3n) is 5.70. The van der Waals surface area contributed by atoms with Crippen molar-refractivity contribution < 1.29 is 14.6 Å². The summed E-state index contributed by atoms with van der Waals surface area (Å²) in [6, 6.07) is 23.1. The number of ketones is 1. The van der Waals surface area contributed by atoms with E-state index in [1.807, 2.05) is 67.6 Å². The molecule has 1 aromatic heterocycles. The Bertz CT molecular complexity index is 1470. The van der Waals surface area contributed by atoms with Crippen molar-refractivity contribution in [2.24, 2.45) is 9.98 Å². The Morgan fingerprint density at radius 1 is 1.08 bits per heavy atom. The molecule has 0 fully saturated rings. The van der Waals surface area contributed by atoms with Crippen LogP contribution in [0.1, 0.15) is 40.2 Å². The van der Waals surface area contributed by atoms with Gasteiger partial charge in [-0.05, 0) is 55.3 Å². The predicted molar refractivity (Wildman–Crippen MR) is 150 cm³/mol. The third-order valence-corrected chi connectivity index (χ3v) is 6.70. The van der Waals surface area contributed by atoms with Crippen molar-refractivity contribution in [3.8, 4) is 11.6 Å². The van der Waals surface area contributed by atoms with E-state index in [2.05, 4.69) is 10.3 Å². The standard InChI is InChI=1S/C29H30N4O3S/c1-4-31-25-14-13-23(20(2)34)16-26(25)32-29-33(19-21-9-6-5-7-10-21)28(35)27(37-29)18-30-17-22-11-8-12-24(15-22)36-3/h5-16,18,31,35H,4,17,19H2,1-3H3. The van der Waals surface area contributed by atoms with Gasteiger partial charge < -0.3 is 15.2 Å². The maximum Gasteiger partial charge on any atom is 0.213 e. The van der Waals surface area contributed by atoms with E-state index in [4.69, 9.17) is 9.73 Å². The normalized spacial score (nSPS) is 11.7. The number of carbonyl (C=O) groups is 1. The summed E-state index contributed by atoms with van der Waals surface area (Å²) in [7, 11) is 1.64. The van der Waals surface area contributed by atoms with Crippen LogP contribution in [0, 0.1) is 0 Å². The molecule has 0 atom stereocenters. The highest BCUT2D eigenvalue weighted by Crippen LogP contribution is 2.28. The summed E-state index contributed by atoms with van der Waals surface area (Å²) < 4.78 is 7.06. The molecule has 0 bridgehead atoms. The molecular weight excluding hydrogens is 484 g/mol. The predicted octanol–water partition coefficient (Wildman–Crippen LogP) is 5.80. The third kappa shape index (κ3) is 6.54. The van der Waals surface area contributed by atoms with E-state index in [1.165, 1.54) is 18.3 Å². The molecule has 0 amide bonds. The number of hydrogen-bond acceptors (Lipinski definition) is 7. The number of methoxy groups -OCH3 is 1. The van der Waals surface area contributed by atoms with E-state index in [9.17, 15) is 9.90 Å². The lowest BCUT2D eigenvalue weighted by Crippen LogP contribution is -2.15. The largest absolute Gasteiger partial charge is 0.497 e. The fourth-order valence-electron chi connectivity index (χ4n) is 3.79. The molecule has 0 radical (unpaired) electrons. The lowest BCUT2D eigenvalue weighted by molar-refractivity contribution is 0.101. The number of Topliss-reactive ketones (excluding diaryl/α,β-unsaturated/α-hetero) is 1. The van der Waals surface area contributed by atoms with Gasteiger partial charge in [-0.15, -0.1) is 0 Å². The number of nitrogens with one attached hydrogen (secondary N) is 1. The van der Waals surface area contributed by atoms with E-state index in [0.717, 1.165) is 22.6 Å².